The third-order valence-electron chi connectivity index (χ3n) is 4.86. The summed E-state index contributed by atoms with van der Waals surface area (Å²) in [6.07, 6.45) is 9.83. The van der Waals surface area contributed by atoms with Crippen LogP contribution in [0.25, 0.3) is 0 Å². The van der Waals surface area contributed by atoms with Crippen LogP contribution in [0.1, 0.15) is 86.5 Å². The minimum Gasteiger partial charge on any atom is -0.0651 e. The van der Waals surface area contributed by atoms with E-state index in [1.54, 1.807) is 0 Å². The average Bonchev–Trinajstić information content (AvgIpc) is 2.34. The topological polar surface area (TPSA) is 0 Å². The lowest BCUT2D eigenvalue weighted by Crippen LogP contribution is -2.09. The summed E-state index contributed by atoms with van der Waals surface area (Å²) in [5, 5.41) is 0. The SMILES string of the molecule is CCC(CC)CC(C)CCCC(C)C(C)CC. The van der Waals surface area contributed by atoms with Gasteiger partial charge in [-0.25, -0.2) is 0 Å². The van der Waals surface area contributed by atoms with E-state index in [-0.39, 0.29) is 0 Å². The predicted molar refractivity (Wildman–Crippen MR) is 80.3 cm³/mol. The molecule has 3 atom stereocenters. The lowest BCUT2D eigenvalue weighted by molar-refractivity contribution is 0.310. The molecular formula is C17H36. The summed E-state index contributed by atoms with van der Waals surface area (Å²) in [5.74, 6) is 3.73. The van der Waals surface area contributed by atoms with Crippen LogP contribution in [0.5, 0.6) is 0 Å². The second-order valence-electron chi connectivity index (χ2n) is 6.32. The molecule has 17 heavy (non-hydrogen) atoms. The lowest BCUT2D eigenvalue weighted by Gasteiger charge is -2.21. The molecule has 0 N–H and O–H groups in total. The fourth-order valence-corrected chi connectivity index (χ4v) is 2.78. The van der Waals surface area contributed by atoms with E-state index < -0.39 is 0 Å². The number of rotatable bonds is 10. The second kappa shape index (κ2) is 9.97. The molecule has 0 nitrogen and oxygen atoms in total. The Hall–Kier alpha value is 0. The van der Waals surface area contributed by atoms with Gasteiger partial charge in [0.1, 0.15) is 0 Å². The van der Waals surface area contributed by atoms with Gasteiger partial charge in [-0.3, -0.25) is 0 Å². The van der Waals surface area contributed by atoms with Crippen LogP contribution in [0.4, 0.5) is 0 Å². The van der Waals surface area contributed by atoms with Crippen molar-refractivity contribution in [2.24, 2.45) is 23.7 Å². The Morgan fingerprint density at radius 2 is 1.29 bits per heavy atom. The summed E-state index contributed by atoms with van der Waals surface area (Å²) >= 11 is 0. The van der Waals surface area contributed by atoms with Crippen molar-refractivity contribution >= 4 is 0 Å². The summed E-state index contributed by atoms with van der Waals surface area (Å²) in [6.45, 7) is 14.3. The summed E-state index contributed by atoms with van der Waals surface area (Å²) in [7, 11) is 0. The fourth-order valence-electron chi connectivity index (χ4n) is 2.78. The first-order valence-corrected chi connectivity index (χ1v) is 8.04. The molecule has 0 heteroatoms. The van der Waals surface area contributed by atoms with Crippen molar-refractivity contribution in [1.82, 2.24) is 0 Å². The summed E-state index contributed by atoms with van der Waals surface area (Å²) in [4.78, 5) is 0. The van der Waals surface area contributed by atoms with Crippen LogP contribution in [-0.4, -0.2) is 0 Å². The van der Waals surface area contributed by atoms with E-state index in [4.69, 9.17) is 0 Å². The number of hydrogen-bond acceptors (Lipinski definition) is 0. The van der Waals surface area contributed by atoms with Crippen molar-refractivity contribution < 1.29 is 0 Å². The van der Waals surface area contributed by atoms with Crippen molar-refractivity contribution in [3.63, 3.8) is 0 Å². The van der Waals surface area contributed by atoms with Crippen LogP contribution < -0.4 is 0 Å². The largest absolute Gasteiger partial charge is 0.0651 e. The van der Waals surface area contributed by atoms with Crippen molar-refractivity contribution in [3.8, 4) is 0 Å². The van der Waals surface area contributed by atoms with Gasteiger partial charge in [-0.15, -0.1) is 0 Å². The highest BCUT2D eigenvalue weighted by Gasteiger charge is 2.12. The first-order chi connectivity index (χ1) is 8.04. The Morgan fingerprint density at radius 1 is 0.706 bits per heavy atom. The van der Waals surface area contributed by atoms with Crippen molar-refractivity contribution in [1.29, 1.82) is 0 Å². The first-order valence-electron chi connectivity index (χ1n) is 8.04. The van der Waals surface area contributed by atoms with Crippen LogP contribution in [0.2, 0.25) is 0 Å². The molecule has 0 saturated carbocycles. The molecule has 0 bridgehead atoms. The van der Waals surface area contributed by atoms with E-state index in [9.17, 15) is 0 Å². The second-order valence-corrected chi connectivity index (χ2v) is 6.32. The molecule has 0 aliphatic carbocycles. The third-order valence-corrected chi connectivity index (χ3v) is 4.86. The highest BCUT2D eigenvalue weighted by Crippen LogP contribution is 2.25. The quantitative estimate of drug-likeness (QED) is 0.420. The van der Waals surface area contributed by atoms with E-state index in [1.807, 2.05) is 0 Å². The van der Waals surface area contributed by atoms with Gasteiger partial charge in [0.25, 0.3) is 0 Å². The maximum atomic E-state index is 2.45. The molecule has 0 heterocycles. The zero-order valence-corrected chi connectivity index (χ0v) is 13.3. The normalized spacial score (nSPS) is 17.1. The summed E-state index contributed by atoms with van der Waals surface area (Å²) in [5.41, 5.74) is 0. The Kier molecular flexibility index (Phi) is 9.97. The van der Waals surface area contributed by atoms with Gasteiger partial charge in [-0.05, 0) is 30.1 Å². The van der Waals surface area contributed by atoms with E-state index in [0.717, 1.165) is 23.7 Å². The zero-order valence-electron chi connectivity index (χ0n) is 13.3. The molecule has 0 radical (unpaired) electrons. The molecule has 3 unspecified atom stereocenters. The molecule has 0 rings (SSSR count). The molecular weight excluding hydrogens is 204 g/mol. The van der Waals surface area contributed by atoms with Gasteiger partial charge in [0.2, 0.25) is 0 Å². The van der Waals surface area contributed by atoms with Crippen LogP contribution >= 0.6 is 0 Å². The molecule has 0 aliphatic heterocycles. The molecule has 104 valence electrons. The maximum absolute atomic E-state index is 2.45. The zero-order chi connectivity index (χ0) is 13.3. The van der Waals surface area contributed by atoms with E-state index >= 15 is 0 Å². The van der Waals surface area contributed by atoms with E-state index in [2.05, 4.69) is 41.5 Å². The molecule has 0 fully saturated rings. The summed E-state index contributed by atoms with van der Waals surface area (Å²) < 4.78 is 0. The van der Waals surface area contributed by atoms with E-state index in [0.29, 0.717) is 0 Å². The number of hydrogen-bond donors (Lipinski definition) is 0. The van der Waals surface area contributed by atoms with Crippen LogP contribution in [0.3, 0.4) is 0 Å². The molecule has 0 aromatic heterocycles. The van der Waals surface area contributed by atoms with Gasteiger partial charge in [-0.1, -0.05) is 80.1 Å². The molecule has 0 saturated heterocycles. The minimum atomic E-state index is 0.907. The Morgan fingerprint density at radius 3 is 1.76 bits per heavy atom. The summed E-state index contributed by atoms with van der Waals surface area (Å²) in [6, 6.07) is 0. The fraction of sp³-hybridized carbons (Fsp3) is 1.00. The average molecular weight is 240 g/mol. The molecule has 0 aromatic rings. The third kappa shape index (κ3) is 7.84. The van der Waals surface area contributed by atoms with Gasteiger partial charge in [0, 0.05) is 0 Å². The Labute approximate surface area is 111 Å². The van der Waals surface area contributed by atoms with Crippen molar-refractivity contribution in [2.75, 3.05) is 0 Å². The van der Waals surface area contributed by atoms with Gasteiger partial charge >= 0.3 is 0 Å². The van der Waals surface area contributed by atoms with Crippen LogP contribution in [-0.2, 0) is 0 Å². The highest BCUT2D eigenvalue weighted by molar-refractivity contribution is 4.64. The monoisotopic (exact) mass is 240 g/mol. The Balaban J connectivity index is 3.66. The standard InChI is InChI=1S/C17H36/c1-7-15(5)16(6)12-10-11-14(4)13-17(8-2)9-3/h14-17H,7-13H2,1-6H3. The smallest absolute Gasteiger partial charge is 0.0417 e. The van der Waals surface area contributed by atoms with Gasteiger partial charge in [0.05, 0.1) is 0 Å². The van der Waals surface area contributed by atoms with Crippen molar-refractivity contribution in [2.45, 2.75) is 86.5 Å². The van der Waals surface area contributed by atoms with E-state index in [1.165, 1.54) is 44.9 Å². The van der Waals surface area contributed by atoms with Gasteiger partial charge < -0.3 is 0 Å². The minimum absolute atomic E-state index is 0.907. The molecule has 0 aromatic carbocycles. The lowest BCUT2D eigenvalue weighted by atomic mass is 9.85. The Bertz CT molecular complexity index is 157. The predicted octanol–water partition coefficient (Wildman–Crippen LogP) is 6.30. The maximum Gasteiger partial charge on any atom is -0.0417 e. The first kappa shape index (κ1) is 17.0. The van der Waals surface area contributed by atoms with Gasteiger partial charge in [0.15, 0.2) is 0 Å². The van der Waals surface area contributed by atoms with Crippen LogP contribution in [0.15, 0.2) is 0 Å². The van der Waals surface area contributed by atoms with Gasteiger partial charge in [-0.2, -0.15) is 0 Å². The van der Waals surface area contributed by atoms with Crippen molar-refractivity contribution in [3.05, 3.63) is 0 Å². The molecule has 0 aliphatic rings. The van der Waals surface area contributed by atoms with Crippen LogP contribution in [0, 0.1) is 23.7 Å². The molecule has 0 spiro atoms. The highest BCUT2D eigenvalue weighted by atomic mass is 14.2. The molecule has 0 amide bonds.